The second-order valence-electron chi connectivity index (χ2n) is 11.7. The number of piperidine rings is 1. The summed E-state index contributed by atoms with van der Waals surface area (Å²) in [7, 11) is 0. The number of rotatable bonds is 10. The molecule has 9 heteroatoms. The summed E-state index contributed by atoms with van der Waals surface area (Å²) >= 11 is 12.2. The smallest absolute Gasteiger partial charge is 0.253 e. The third-order valence-corrected chi connectivity index (χ3v) is 9.16. The highest BCUT2D eigenvalue weighted by Gasteiger charge is 2.29. The molecule has 4 aromatic rings. The van der Waals surface area contributed by atoms with E-state index in [1.165, 1.54) is 16.8 Å². The van der Waals surface area contributed by atoms with Gasteiger partial charge in [-0.15, -0.1) is 0 Å². The summed E-state index contributed by atoms with van der Waals surface area (Å²) in [6, 6.07) is 17.0. The second kappa shape index (κ2) is 14.5. The summed E-state index contributed by atoms with van der Waals surface area (Å²) in [4.78, 5) is 31.1. The third kappa shape index (κ3) is 7.57. The number of anilines is 1. The molecule has 230 valence electrons. The van der Waals surface area contributed by atoms with E-state index < -0.39 is 0 Å². The number of nitrogens with one attached hydrogen (secondary N) is 1. The number of aromatic nitrogens is 3. The van der Waals surface area contributed by atoms with Crippen LogP contribution in [0, 0.1) is 20.8 Å². The number of aryl methyl sites for hydroxylation is 3. The van der Waals surface area contributed by atoms with Gasteiger partial charge in [0.25, 0.3) is 5.91 Å². The Kier molecular flexibility index (Phi) is 10.5. The SMILES string of the molecule is Cc1ccncc1CN(c1ccccc1-c1ccc(Cl)nc1)C1CCN([C@H](C)CCNC(=O)c2c(C)cc(Cl)nc2C)CC1. The van der Waals surface area contributed by atoms with Crippen molar-refractivity contribution in [2.45, 2.75) is 65.6 Å². The van der Waals surface area contributed by atoms with E-state index in [-0.39, 0.29) is 5.91 Å². The van der Waals surface area contributed by atoms with Crippen LogP contribution in [-0.4, -0.2) is 57.5 Å². The van der Waals surface area contributed by atoms with Crippen LogP contribution in [0.1, 0.15) is 58.9 Å². The summed E-state index contributed by atoms with van der Waals surface area (Å²) in [5.74, 6) is -0.0917. The van der Waals surface area contributed by atoms with E-state index in [1.54, 1.807) is 6.07 Å². The van der Waals surface area contributed by atoms with E-state index in [0.717, 1.165) is 55.6 Å². The summed E-state index contributed by atoms with van der Waals surface area (Å²) < 4.78 is 0. The number of hydrogen-bond donors (Lipinski definition) is 1. The first kappa shape index (κ1) is 31.9. The van der Waals surface area contributed by atoms with Crippen molar-refractivity contribution in [3.05, 3.63) is 105 Å². The zero-order chi connectivity index (χ0) is 31.2. The van der Waals surface area contributed by atoms with Crippen molar-refractivity contribution < 1.29 is 4.79 Å². The molecule has 0 saturated carbocycles. The molecule has 0 bridgehead atoms. The first-order valence-electron chi connectivity index (χ1n) is 15.2. The van der Waals surface area contributed by atoms with Crippen molar-refractivity contribution >= 4 is 34.8 Å². The molecule has 1 atom stereocenters. The fourth-order valence-electron chi connectivity index (χ4n) is 6.19. The lowest BCUT2D eigenvalue weighted by atomic mass is 9.96. The van der Waals surface area contributed by atoms with Crippen molar-refractivity contribution in [3.63, 3.8) is 0 Å². The van der Waals surface area contributed by atoms with E-state index in [4.69, 9.17) is 23.2 Å². The normalized spacial score (nSPS) is 14.8. The zero-order valence-electron chi connectivity index (χ0n) is 25.9. The van der Waals surface area contributed by atoms with Gasteiger partial charge in [0.15, 0.2) is 0 Å². The van der Waals surface area contributed by atoms with Crippen LogP contribution in [0.4, 0.5) is 5.69 Å². The van der Waals surface area contributed by atoms with Gasteiger partial charge in [-0.3, -0.25) is 9.78 Å². The zero-order valence-corrected chi connectivity index (χ0v) is 27.4. The molecule has 44 heavy (non-hydrogen) atoms. The number of hydrogen-bond acceptors (Lipinski definition) is 6. The quantitative estimate of drug-likeness (QED) is 0.183. The highest BCUT2D eigenvalue weighted by Crippen LogP contribution is 2.35. The number of benzene rings is 1. The van der Waals surface area contributed by atoms with E-state index in [2.05, 4.69) is 74.2 Å². The van der Waals surface area contributed by atoms with Gasteiger partial charge in [0.2, 0.25) is 0 Å². The number of halogens is 2. The van der Waals surface area contributed by atoms with Gasteiger partial charge in [0.05, 0.1) is 11.3 Å². The van der Waals surface area contributed by atoms with Crippen LogP contribution in [-0.2, 0) is 6.54 Å². The molecular formula is C35H40Cl2N6O. The maximum atomic E-state index is 12.9. The van der Waals surface area contributed by atoms with Crippen molar-refractivity contribution in [3.8, 4) is 11.1 Å². The minimum absolute atomic E-state index is 0.0917. The Balaban J connectivity index is 1.26. The van der Waals surface area contributed by atoms with Gasteiger partial charge in [-0.1, -0.05) is 41.4 Å². The minimum Gasteiger partial charge on any atom is -0.364 e. The van der Waals surface area contributed by atoms with Crippen LogP contribution >= 0.6 is 23.2 Å². The van der Waals surface area contributed by atoms with Crippen LogP contribution in [0.3, 0.4) is 0 Å². The van der Waals surface area contributed by atoms with Crippen molar-refractivity contribution in [2.24, 2.45) is 0 Å². The lowest BCUT2D eigenvalue weighted by Crippen LogP contribution is -2.48. The average molecular weight is 632 g/mol. The number of nitrogens with zero attached hydrogens (tertiary/aromatic N) is 5. The van der Waals surface area contributed by atoms with Gasteiger partial charge in [0.1, 0.15) is 10.3 Å². The molecule has 1 aliphatic rings. The third-order valence-electron chi connectivity index (χ3n) is 8.74. The lowest BCUT2D eigenvalue weighted by Gasteiger charge is -2.42. The Labute approximate surface area is 270 Å². The Morgan fingerprint density at radius 2 is 1.80 bits per heavy atom. The molecule has 1 saturated heterocycles. The highest BCUT2D eigenvalue weighted by molar-refractivity contribution is 6.29. The topological polar surface area (TPSA) is 74.2 Å². The minimum atomic E-state index is -0.0917. The van der Waals surface area contributed by atoms with E-state index in [1.807, 2.05) is 44.6 Å². The fourth-order valence-corrected chi connectivity index (χ4v) is 6.59. The summed E-state index contributed by atoms with van der Waals surface area (Å²) in [6.07, 6.45) is 8.65. The molecule has 1 N–H and O–H groups in total. The predicted molar refractivity (Wildman–Crippen MR) is 180 cm³/mol. The molecule has 1 aliphatic heterocycles. The van der Waals surface area contributed by atoms with Gasteiger partial charge >= 0.3 is 0 Å². The fraction of sp³-hybridized carbons (Fsp3) is 0.371. The number of carbonyl (C=O) groups excluding carboxylic acids is 1. The summed E-state index contributed by atoms with van der Waals surface area (Å²) in [5, 5.41) is 4.00. The molecule has 0 unspecified atom stereocenters. The Bertz CT molecular complexity index is 1560. The van der Waals surface area contributed by atoms with E-state index >= 15 is 0 Å². The summed E-state index contributed by atoms with van der Waals surface area (Å²) in [6.45, 7) is 11.5. The van der Waals surface area contributed by atoms with E-state index in [0.29, 0.717) is 40.2 Å². The molecule has 3 aromatic heterocycles. The van der Waals surface area contributed by atoms with E-state index in [9.17, 15) is 4.79 Å². The molecule has 0 spiro atoms. The largest absolute Gasteiger partial charge is 0.364 e. The molecular weight excluding hydrogens is 591 g/mol. The Morgan fingerprint density at radius 3 is 2.50 bits per heavy atom. The van der Waals surface area contributed by atoms with Crippen LogP contribution in [0.15, 0.2) is 67.1 Å². The first-order chi connectivity index (χ1) is 21.2. The second-order valence-corrected chi connectivity index (χ2v) is 12.5. The van der Waals surface area contributed by atoms with Crippen molar-refractivity contribution in [1.82, 2.24) is 25.2 Å². The highest BCUT2D eigenvalue weighted by atomic mass is 35.5. The van der Waals surface area contributed by atoms with Crippen molar-refractivity contribution in [1.29, 1.82) is 0 Å². The summed E-state index contributed by atoms with van der Waals surface area (Å²) in [5.41, 5.74) is 7.96. The average Bonchev–Trinajstić information content (AvgIpc) is 3.01. The van der Waals surface area contributed by atoms with Gasteiger partial charge < -0.3 is 15.1 Å². The maximum absolute atomic E-state index is 12.9. The maximum Gasteiger partial charge on any atom is 0.253 e. The van der Waals surface area contributed by atoms with Gasteiger partial charge in [-0.2, -0.15) is 0 Å². The van der Waals surface area contributed by atoms with Gasteiger partial charge in [-0.25, -0.2) is 9.97 Å². The number of para-hydroxylation sites is 1. The number of pyridine rings is 3. The molecule has 1 fully saturated rings. The van der Waals surface area contributed by atoms with Gasteiger partial charge in [0, 0.05) is 73.7 Å². The molecule has 5 rings (SSSR count). The number of likely N-dealkylation sites (tertiary alicyclic amines) is 1. The lowest BCUT2D eigenvalue weighted by molar-refractivity contribution is 0.0943. The Morgan fingerprint density at radius 1 is 1.02 bits per heavy atom. The van der Waals surface area contributed by atoms with Crippen LogP contribution in [0.25, 0.3) is 11.1 Å². The van der Waals surface area contributed by atoms with Crippen LogP contribution in [0.5, 0.6) is 0 Å². The molecule has 1 amide bonds. The predicted octanol–water partition coefficient (Wildman–Crippen LogP) is 7.45. The number of amides is 1. The van der Waals surface area contributed by atoms with Gasteiger partial charge in [-0.05, 0) is 94.0 Å². The van der Waals surface area contributed by atoms with Crippen molar-refractivity contribution in [2.75, 3.05) is 24.5 Å². The molecule has 7 nitrogen and oxygen atoms in total. The first-order valence-corrected chi connectivity index (χ1v) is 16.0. The standard InChI is InChI=1S/C35H40Cl2N6O/c1-23-11-15-38-20-28(23)22-43(31-8-6-5-7-30(31)27-9-10-32(36)40-21-27)29-13-17-42(18-14-29)25(3)12-16-39-35(44)34-24(2)19-33(37)41-26(34)4/h5-11,15,19-21,25,29H,12-14,16-18,22H2,1-4H3,(H,39,44)/t25-/m1/s1. The van der Waals surface area contributed by atoms with Crippen LogP contribution in [0.2, 0.25) is 10.3 Å². The number of carbonyl (C=O) groups is 1. The molecule has 4 heterocycles. The molecule has 0 aliphatic carbocycles. The molecule has 1 aromatic carbocycles. The monoisotopic (exact) mass is 630 g/mol. The van der Waals surface area contributed by atoms with Crippen LogP contribution < -0.4 is 10.2 Å². The molecule has 0 radical (unpaired) electrons. The Hall–Kier alpha value is -3.52.